The van der Waals surface area contributed by atoms with Gasteiger partial charge in [-0.3, -0.25) is 9.79 Å². The van der Waals surface area contributed by atoms with Gasteiger partial charge in [0.2, 0.25) is 0 Å². The van der Waals surface area contributed by atoms with Gasteiger partial charge in [-0.2, -0.15) is 0 Å². The van der Waals surface area contributed by atoms with Gasteiger partial charge in [0.05, 0.1) is 17.6 Å². The van der Waals surface area contributed by atoms with Crippen LogP contribution in [0.4, 0.5) is 5.82 Å². The Morgan fingerprint density at radius 3 is 2.67 bits per heavy atom. The Balaban J connectivity index is 1.98. The molecule has 0 aliphatic rings. The topological polar surface area (TPSA) is 170 Å². The number of anilines is 1. The first-order valence-corrected chi connectivity index (χ1v) is 12.1. The van der Waals surface area contributed by atoms with Gasteiger partial charge in [0.15, 0.2) is 17.3 Å². The van der Waals surface area contributed by atoms with Crippen LogP contribution in [0, 0.1) is 0 Å². The molecular formula is C22H26N5O5P. The molecule has 33 heavy (non-hydrogen) atoms. The Hall–Kier alpha value is -3.17. The third-order valence-electron chi connectivity index (χ3n) is 5.45. The molecule has 0 amide bonds. The average Bonchev–Trinajstić information content (AvgIpc) is 3.13. The van der Waals surface area contributed by atoms with Crippen molar-refractivity contribution in [3.63, 3.8) is 0 Å². The number of phenols is 1. The number of phenolic OH excluding ortho intramolecular Hbond substituents is 1. The van der Waals surface area contributed by atoms with Gasteiger partial charge in [-0.1, -0.05) is 31.5 Å². The Bertz CT molecular complexity index is 1380. The third-order valence-corrected chi connectivity index (χ3v) is 5.87. The molecule has 174 valence electrons. The zero-order chi connectivity index (χ0) is 23.8. The number of phosphoric acid groups is 1. The molecule has 0 aliphatic heterocycles. The lowest BCUT2D eigenvalue weighted by molar-refractivity contribution is 0.276. The number of aryl methyl sites for hydroxylation is 1. The van der Waals surface area contributed by atoms with E-state index >= 15 is 0 Å². The fourth-order valence-electron chi connectivity index (χ4n) is 3.92. The van der Waals surface area contributed by atoms with E-state index < -0.39 is 7.82 Å². The first kappa shape index (κ1) is 23.0. The Morgan fingerprint density at radius 2 is 1.97 bits per heavy atom. The van der Waals surface area contributed by atoms with Crippen LogP contribution in [0.25, 0.3) is 21.9 Å². The van der Waals surface area contributed by atoms with E-state index in [0.717, 1.165) is 35.1 Å². The summed E-state index contributed by atoms with van der Waals surface area (Å²) in [6.45, 7) is 2.57. The molecule has 0 atom stereocenters. The number of nitrogens with zero attached hydrogens (tertiary/aromatic N) is 3. The van der Waals surface area contributed by atoms with Gasteiger partial charge >= 0.3 is 7.82 Å². The zero-order valence-corrected chi connectivity index (χ0v) is 19.0. The molecule has 0 spiro atoms. The Kier molecular flexibility index (Phi) is 6.27. The number of benzene rings is 2. The molecule has 0 bridgehead atoms. The number of nitrogens with two attached hydrogens (primary N) is 2. The molecule has 0 unspecified atom stereocenters. The van der Waals surface area contributed by atoms with E-state index in [1.165, 1.54) is 6.07 Å². The molecule has 2 aromatic carbocycles. The van der Waals surface area contributed by atoms with Crippen LogP contribution in [0.15, 0.2) is 36.4 Å². The molecule has 0 radical (unpaired) electrons. The molecule has 0 saturated heterocycles. The first-order valence-electron chi connectivity index (χ1n) is 10.5. The van der Waals surface area contributed by atoms with Crippen molar-refractivity contribution in [3.8, 4) is 11.5 Å². The molecule has 0 aliphatic carbocycles. The number of para-hydroxylation sites is 1. The minimum absolute atomic E-state index is 0.144. The summed E-state index contributed by atoms with van der Waals surface area (Å²) in [5.41, 5.74) is 15.4. The number of aromatic nitrogens is 3. The Labute approximate surface area is 190 Å². The van der Waals surface area contributed by atoms with Crippen LogP contribution < -0.4 is 16.0 Å². The van der Waals surface area contributed by atoms with Crippen molar-refractivity contribution >= 4 is 35.6 Å². The van der Waals surface area contributed by atoms with Crippen molar-refractivity contribution in [2.45, 2.75) is 39.3 Å². The summed E-state index contributed by atoms with van der Waals surface area (Å²) in [4.78, 5) is 28.0. The summed E-state index contributed by atoms with van der Waals surface area (Å²) in [6.07, 6.45) is 2.50. The van der Waals surface area contributed by atoms with Gasteiger partial charge in [-0.25, -0.2) is 14.5 Å². The number of hydrogen-bond donors (Lipinski definition) is 5. The minimum Gasteiger partial charge on any atom is -0.504 e. The molecule has 2 heterocycles. The summed E-state index contributed by atoms with van der Waals surface area (Å²) < 4.78 is 18.3. The van der Waals surface area contributed by atoms with Crippen LogP contribution in [-0.4, -0.2) is 29.4 Å². The van der Waals surface area contributed by atoms with Gasteiger partial charge in [0, 0.05) is 23.9 Å². The van der Waals surface area contributed by atoms with Crippen LogP contribution in [0.3, 0.4) is 0 Å². The highest BCUT2D eigenvalue weighted by Gasteiger charge is 2.24. The quantitative estimate of drug-likeness (QED) is 0.242. The van der Waals surface area contributed by atoms with Crippen molar-refractivity contribution in [1.29, 1.82) is 0 Å². The Morgan fingerprint density at radius 1 is 1.18 bits per heavy atom. The number of pyridine rings is 1. The summed E-state index contributed by atoms with van der Waals surface area (Å²) in [5, 5.41) is 11.1. The standard InChI is InChI=1S/C22H26N5O5P/c1-2-3-7-18-26-19-20(15-10-13(11-23)8-9-16(15)25-22(19)24)27(18)12-14-5-4-6-17(28)21(14)32-33(29,30)31/h4-6,8-10,28H,2-3,7,11-12,23H2,1H3,(H2,24,25)(H2,29,30,31). The first-order chi connectivity index (χ1) is 15.7. The van der Waals surface area contributed by atoms with E-state index in [-0.39, 0.29) is 23.9 Å². The molecule has 0 saturated carbocycles. The number of nitrogen functional groups attached to an aromatic ring is 1. The van der Waals surface area contributed by atoms with Gasteiger partial charge in [0.1, 0.15) is 11.3 Å². The highest BCUT2D eigenvalue weighted by molar-refractivity contribution is 7.46. The van der Waals surface area contributed by atoms with Gasteiger partial charge in [-0.05, 0) is 30.2 Å². The highest BCUT2D eigenvalue weighted by atomic mass is 31.2. The summed E-state index contributed by atoms with van der Waals surface area (Å²) in [6, 6.07) is 10.2. The number of aromatic hydroxyl groups is 1. The predicted molar refractivity (Wildman–Crippen MR) is 126 cm³/mol. The second kappa shape index (κ2) is 8.99. The third kappa shape index (κ3) is 4.65. The molecule has 4 rings (SSSR count). The number of imidazole rings is 1. The van der Waals surface area contributed by atoms with Crippen LogP contribution in [0.2, 0.25) is 0 Å². The van der Waals surface area contributed by atoms with Crippen LogP contribution >= 0.6 is 7.82 Å². The number of unbranched alkanes of at least 4 members (excludes halogenated alkanes) is 1. The van der Waals surface area contributed by atoms with Crippen molar-refractivity contribution in [3.05, 3.63) is 53.3 Å². The molecule has 0 fully saturated rings. The normalized spacial score (nSPS) is 12.0. The fourth-order valence-corrected chi connectivity index (χ4v) is 4.37. The maximum absolute atomic E-state index is 11.5. The van der Waals surface area contributed by atoms with E-state index in [1.807, 2.05) is 22.8 Å². The number of phosphoric ester groups is 1. The minimum atomic E-state index is -4.90. The van der Waals surface area contributed by atoms with Crippen molar-refractivity contribution in [2.75, 3.05) is 5.73 Å². The molecule has 2 aromatic heterocycles. The average molecular weight is 471 g/mol. The molecular weight excluding hydrogens is 445 g/mol. The lowest BCUT2D eigenvalue weighted by Crippen LogP contribution is -2.08. The molecule has 4 aromatic rings. The van der Waals surface area contributed by atoms with Crippen LogP contribution in [-0.2, 0) is 24.1 Å². The van der Waals surface area contributed by atoms with Gasteiger partial charge in [0.25, 0.3) is 0 Å². The van der Waals surface area contributed by atoms with E-state index in [0.29, 0.717) is 29.6 Å². The maximum atomic E-state index is 11.5. The monoisotopic (exact) mass is 471 g/mol. The maximum Gasteiger partial charge on any atom is 0.524 e. The van der Waals surface area contributed by atoms with E-state index in [2.05, 4.69) is 11.9 Å². The van der Waals surface area contributed by atoms with E-state index in [1.54, 1.807) is 12.1 Å². The van der Waals surface area contributed by atoms with Gasteiger partial charge < -0.3 is 25.7 Å². The highest BCUT2D eigenvalue weighted by Crippen LogP contribution is 2.44. The van der Waals surface area contributed by atoms with Gasteiger partial charge in [-0.15, -0.1) is 0 Å². The second-order valence-corrected chi connectivity index (χ2v) is 8.98. The van der Waals surface area contributed by atoms with E-state index in [9.17, 15) is 19.5 Å². The number of fused-ring (bicyclic) bond motifs is 3. The van der Waals surface area contributed by atoms with Crippen molar-refractivity contribution in [2.24, 2.45) is 5.73 Å². The number of rotatable bonds is 8. The second-order valence-electron chi connectivity index (χ2n) is 7.81. The van der Waals surface area contributed by atoms with Crippen LogP contribution in [0.1, 0.15) is 36.7 Å². The summed E-state index contributed by atoms with van der Waals surface area (Å²) in [7, 11) is -4.90. The predicted octanol–water partition coefficient (Wildman–Crippen LogP) is 3.19. The number of hydrogen-bond acceptors (Lipinski definition) is 7. The lowest BCUT2D eigenvalue weighted by Gasteiger charge is -2.16. The van der Waals surface area contributed by atoms with Crippen molar-refractivity contribution < 1.29 is 24.0 Å². The van der Waals surface area contributed by atoms with Crippen molar-refractivity contribution in [1.82, 2.24) is 14.5 Å². The molecule has 11 heteroatoms. The smallest absolute Gasteiger partial charge is 0.504 e. The van der Waals surface area contributed by atoms with E-state index in [4.69, 9.17) is 21.0 Å². The molecule has 10 nitrogen and oxygen atoms in total. The van der Waals surface area contributed by atoms with Crippen LogP contribution in [0.5, 0.6) is 11.5 Å². The summed E-state index contributed by atoms with van der Waals surface area (Å²) in [5.74, 6) is 0.392. The largest absolute Gasteiger partial charge is 0.524 e. The lowest BCUT2D eigenvalue weighted by atomic mass is 10.1. The summed E-state index contributed by atoms with van der Waals surface area (Å²) >= 11 is 0. The molecule has 7 N–H and O–H groups in total. The fraction of sp³-hybridized carbons (Fsp3) is 0.273. The zero-order valence-electron chi connectivity index (χ0n) is 18.1. The SMILES string of the molecule is CCCCc1nc2c(N)nc3ccc(CN)cc3c2n1Cc1cccc(O)c1OP(=O)(O)O.